The number of rotatable bonds is 3. The van der Waals surface area contributed by atoms with Gasteiger partial charge in [-0.1, -0.05) is 19.1 Å². The number of hydrogen-bond donors (Lipinski definition) is 2. The maximum absolute atomic E-state index is 8.95. The predicted molar refractivity (Wildman–Crippen MR) is 59.6 cm³/mol. The summed E-state index contributed by atoms with van der Waals surface area (Å²) < 4.78 is 0. The number of amidine groups is 1. The van der Waals surface area contributed by atoms with E-state index in [1.807, 2.05) is 31.2 Å². The molecule has 1 aromatic rings. The van der Waals surface area contributed by atoms with Gasteiger partial charge in [0.25, 0.3) is 0 Å². The number of benzene rings is 1. The summed E-state index contributed by atoms with van der Waals surface area (Å²) in [6.07, 6.45) is 0.875. The minimum absolute atomic E-state index is 0.0697. The second kappa shape index (κ2) is 5.40. The van der Waals surface area contributed by atoms with Gasteiger partial charge in [-0.05, 0) is 17.7 Å². The summed E-state index contributed by atoms with van der Waals surface area (Å²) in [6.45, 7) is 2.12. The molecule has 0 aliphatic carbocycles. The second-order valence-corrected chi connectivity index (χ2v) is 3.01. The number of anilines is 1. The SMILES string of the molecule is CCC(=NC)Nc1cccc(CO)c1. The van der Waals surface area contributed by atoms with Crippen LogP contribution in [-0.2, 0) is 6.61 Å². The number of aliphatic hydroxyl groups is 1. The predicted octanol–water partition coefficient (Wildman–Crippen LogP) is 2.03. The Labute approximate surface area is 84.5 Å². The largest absolute Gasteiger partial charge is 0.392 e. The third kappa shape index (κ3) is 2.85. The summed E-state index contributed by atoms with van der Waals surface area (Å²) in [5, 5.41) is 12.1. The highest BCUT2D eigenvalue weighted by Crippen LogP contribution is 2.10. The van der Waals surface area contributed by atoms with Gasteiger partial charge < -0.3 is 10.4 Å². The van der Waals surface area contributed by atoms with Crippen LogP contribution in [-0.4, -0.2) is 18.0 Å². The number of aliphatic hydroxyl groups excluding tert-OH is 1. The second-order valence-electron chi connectivity index (χ2n) is 3.01. The quantitative estimate of drug-likeness (QED) is 0.568. The van der Waals surface area contributed by atoms with E-state index in [0.29, 0.717) is 0 Å². The van der Waals surface area contributed by atoms with Crippen LogP contribution in [0.4, 0.5) is 5.69 Å². The minimum atomic E-state index is 0.0697. The van der Waals surface area contributed by atoms with Gasteiger partial charge in [-0.25, -0.2) is 0 Å². The maximum Gasteiger partial charge on any atom is 0.100 e. The molecule has 0 aromatic heterocycles. The van der Waals surface area contributed by atoms with Crippen LogP contribution >= 0.6 is 0 Å². The monoisotopic (exact) mass is 192 g/mol. The summed E-state index contributed by atoms with van der Waals surface area (Å²) in [5.74, 6) is 0.945. The first-order chi connectivity index (χ1) is 6.80. The molecule has 0 amide bonds. The van der Waals surface area contributed by atoms with Crippen molar-refractivity contribution < 1.29 is 5.11 Å². The van der Waals surface area contributed by atoms with Gasteiger partial charge in [0.05, 0.1) is 6.61 Å². The van der Waals surface area contributed by atoms with Crippen LogP contribution in [0, 0.1) is 0 Å². The van der Waals surface area contributed by atoms with E-state index >= 15 is 0 Å². The number of aliphatic imine (C=N–C) groups is 1. The third-order valence-corrected chi connectivity index (χ3v) is 2.00. The van der Waals surface area contributed by atoms with E-state index in [4.69, 9.17) is 5.11 Å². The van der Waals surface area contributed by atoms with Crippen molar-refractivity contribution in [2.24, 2.45) is 4.99 Å². The van der Waals surface area contributed by atoms with E-state index in [0.717, 1.165) is 23.5 Å². The van der Waals surface area contributed by atoms with Gasteiger partial charge in [-0.15, -0.1) is 0 Å². The van der Waals surface area contributed by atoms with Gasteiger partial charge in [0.1, 0.15) is 5.84 Å². The average molecular weight is 192 g/mol. The molecule has 0 aliphatic heterocycles. The van der Waals surface area contributed by atoms with Crippen LogP contribution in [0.2, 0.25) is 0 Å². The zero-order chi connectivity index (χ0) is 10.4. The van der Waals surface area contributed by atoms with E-state index in [9.17, 15) is 0 Å². The van der Waals surface area contributed by atoms with Crippen molar-refractivity contribution in [2.45, 2.75) is 20.0 Å². The fraction of sp³-hybridized carbons (Fsp3) is 0.364. The molecule has 0 heterocycles. The first-order valence-corrected chi connectivity index (χ1v) is 4.72. The number of hydrogen-bond acceptors (Lipinski definition) is 2. The Morgan fingerprint density at radius 1 is 1.50 bits per heavy atom. The molecule has 2 N–H and O–H groups in total. The minimum Gasteiger partial charge on any atom is -0.392 e. The van der Waals surface area contributed by atoms with Crippen molar-refractivity contribution in [1.82, 2.24) is 0 Å². The lowest BCUT2D eigenvalue weighted by Gasteiger charge is -2.08. The molecule has 0 bridgehead atoms. The molecule has 3 heteroatoms. The van der Waals surface area contributed by atoms with Crippen LogP contribution in [0.3, 0.4) is 0 Å². The van der Waals surface area contributed by atoms with Crippen molar-refractivity contribution >= 4 is 11.5 Å². The lowest BCUT2D eigenvalue weighted by molar-refractivity contribution is 0.282. The van der Waals surface area contributed by atoms with E-state index < -0.39 is 0 Å². The Balaban J connectivity index is 2.76. The summed E-state index contributed by atoms with van der Waals surface area (Å²) in [4.78, 5) is 4.10. The van der Waals surface area contributed by atoms with E-state index in [1.54, 1.807) is 7.05 Å². The summed E-state index contributed by atoms with van der Waals surface area (Å²) in [6, 6.07) is 7.68. The maximum atomic E-state index is 8.95. The van der Waals surface area contributed by atoms with E-state index in [2.05, 4.69) is 10.3 Å². The van der Waals surface area contributed by atoms with E-state index in [1.165, 1.54) is 0 Å². The van der Waals surface area contributed by atoms with Crippen LogP contribution in [0.5, 0.6) is 0 Å². The molecule has 3 nitrogen and oxygen atoms in total. The summed E-state index contributed by atoms with van der Waals surface area (Å²) >= 11 is 0. The molecule has 76 valence electrons. The molecule has 0 spiro atoms. The van der Waals surface area contributed by atoms with Gasteiger partial charge in [-0.2, -0.15) is 0 Å². The fourth-order valence-corrected chi connectivity index (χ4v) is 1.22. The topological polar surface area (TPSA) is 44.6 Å². The molecule has 0 fully saturated rings. The van der Waals surface area contributed by atoms with Gasteiger partial charge in [0.2, 0.25) is 0 Å². The molecule has 1 aromatic carbocycles. The molecule has 14 heavy (non-hydrogen) atoms. The Morgan fingerprint density at radius 2 is 2.29 bits per heavy atom. The standard InChI is InChI=1S/C11H16N2O/c1-3-11(12-2)13-10-6-4-5-9(7-10)8-14/h4-7,14H,3,8H2,1-2H3,(H,12,13). The van der Waals surface area contributed by atoms with Gasteiger partial charge in [0, 0.05) is 19.2 Å². The first-order valence-electron chi connectivity index (χ1n) is 4.72. The van der Waals surface area contributed by atoms with Gasteiger partial charge in [0.15, 0.2) is 0 Å². The van der Waals surface area contributed by atoms with Crippen LogP contribution in [0.1, 0.15) is 18.9 Å². The van der Waals surface area contributed by atoms with Crippen molar-refractivity contribution in [2.75, 3.05) is 12.4 Å². The number of nitrogens with zero attached hydrogens (tertiary/aromatic N) is 1. The third-order valence-electron chi connectivity index (χ3n) is 2.00. The molecule has 0 radical (unpaired) electrons. The zero-order valence-electron chi connectivity index (χ0n) is 8.62. The Kier molecular flexibility index (Phi) is 4.13. The normalized spacial score (nSPS) is 11.5. The molecule has 0 aliphatic rings. The van der Waals surface area contributed by atoms with Crippen LogP contribution in [0.25, 0.3) is 0 Å². The number of nitrogens with one attached hydrogen (secondary N) is 1. The lowest BCUT2D eigenvalue weighted by atomic mass is 10.2. The molecule has 0 atom stereocenters. The highest BCUT2D eigenvalue weighted by atomic mass is 16.3. The highest BCUT2D eigenvalue weighted by molar-refractivity contribution is 5.95. The summed E-state index contributed by atoms with van der Waals surface area (Å²) in [7, 11) is 1.77. The van der Waals surface area contributed by atoms with Crippen LogP contribution in [0.15, 0.2) is 29.3 Å². The molecule has 1 rings (SSSR count). The highest BCUT2D eigenvalue weighted by Gasteiger charge is 1.97. The lowest BCUT2D eigenvalue weighted by Crippen LogP contribution is -2.10. The molecule has 0 saturated carbocycles. The fourth-order valence-electron chi connectivity index (χ4n) is 1.22. The Bertz CT molecular complexity index is 321. The van der Waals surface area contributed by atoms with Crippen molar-refractivity contribution in [3.63, 3.8) is 0 Å². The molecular formula is C11H16N2O. The first kappa shape index (κ1) is 10.7. The van der Waals surface area contributed by atoms with Crippen molar-refractivity contribution in [1.29, 1.82) is 0 Å². The van der Waals surface area contributed by atoms with Gasteiger partial charge in [-0.3, -0.25) is 4.99 Å². The Morgan fingerprint density at radius 3 is 2.86 bits per heavy atom. The van der Waals surface area contributed by atoms with Gasteiger partial charge >= 0.3 is 0 Å². The molecule has 0 saturated heterocycles. The molecule has 0 unspecified atom stereocenters. The van der Waals surface area contributed by atoms with Crippen LogP contribution < -0.4 is 5.32 Å². The van der Waals surface area contributed by atoms with E-state index in [-0.39, 0.29) is 6.61 Å². The Hall–Kier alpha value is -1.35. The zero-order valence-corrected chi connectivity index (χ0v) is 8.62. The smallest absolute Gasteiger partial charge is 0.100 e. The average Bonchev–Trinajstić information content (AvgIpc) is 2.26. The van der Waals surface area contributed by atoms with Crippen molar-refractivity contribution in [3.8, 4) is 0 Å². The summed E-state index contributed by atoms with van der Waals surface area (Å²) in [5.41, 5.74) is 1.88. The van der Waals surface area contributed by atoms with Crippen molar-refractivity contribution in [3.05, 3.63) is 29.8 Å². The molecular weight excluding hydrogens is 176 g/mol.